The van der Waals surface area contributed by atoms with E-state index in [1.807, 2.05) is 0 Å². The van der Waals surface area contributed by atoms with Crippen LogP contribution in [0.25, 0.3) is 0 Å². The Bertz CT molecular complexity index is 163. The molecule has 0 saturated carbocycles. The first-order chi connectivity index (χ1) is 5.47. The van der Waals surface area contributed by atoms with E-state index in [1.54, 1.807) is 0 Å². The first kappa shape index (κ1) is 7.17. The molecule has 0 radical (unpaired) electrons. The smallest absolute Gasteiger partial charge is 0.171 e. The quantitative estimate of drug-likeness (QED) is 0.499. The van der Waals surface area contributed by atoms with E-state index in [0.717, 1.165) is 18.6 Å². The van der Waals surface area contributed by atoms with E-state index in [1.165, 1.54) is 25.7 Å². The predicted molar refractivity (Wildman–Crippen MR) is 41.7 cm³/mol. The second kappa shape index (κ2) is 3.26. The van der Waals surface area contributed by atoms with Crippen molar-refractivity contribution < 1.29 is 9.78 Å². The molecule has 0 amide bonds. The van der Waals surface area contributed by atoms with Crippen LogP contribution in [0, 0.1) is 0 Å². The van der Waals surface area contributed by atoms with Gasteiger partial charge in [0.25, 0.3) is 0 Å². The molecule has 0 N–H and O–H groups in total. The molecule has 1 saturated heterocycles. The lowest BCUT2D eigenvalue weighted by molar-refractivity contribution is -0.378. The molecule has 0 aromatic heterocycles. The van der Waals surface area contributed by atoms with Gasteiger partial charge in [-0.25, -0.2) is 0 Å². The van der Waals surface area contributed by atoms with Crippen LogP contribution in [0.1, 0.15) is 38.5 Å². The Balaban J connectivity index is 1.93. The van der Waals surface area contributed by atoms with Crippen LogP contribution < -0.4 is 0 Å². The summed E-state index contributed by atoms with van der Waals surface area (Å²) in [4.78, 5) is 9.84. The lowest BCUT2D eigenvalue weighted by atomic mass is 10.1. The minimum atomic E-state index is 0.299. The second-order valence-corrected chi connectivity index (χ2v) is 3.27. The Morgan fingerprint density at radius 3 is 2.91 bits per heavy atom. The van der Waals surface area contributed by atoms with E-state index in [-0.39, 0.29) is 0 Å². The number of allylic oxidation sites excluding steroid dienone is 1. The van der Waals surface area contributed by atoms with Crippen molar-refractivity contribution in [2.24, 2.45) is 0 Å². The molecular formula is C9H14O2. The maximum Gasteiger partial charge on any atom is 0.171 e. The van der Waals surface area contributed by atoms with Crippen molar-refractivity contribution in [3.8, 4) is 0 Å². The van der Waals surface area contributed by atoms with Crippen molar-refractivity contribution in [3.63, 3.8) is 0 Å². The van der Waals surface area contributed by atoms with Crippen LogP contribution in [0.15, 0.2) is 11.8 Å². The van der Waals surface area contributed by atoms with E-state index in [4.69, 9.17) is 9.78 Å². The molecule has 62 valence electrons. The molecule has 1 atom stereocenters. The van der Waals surface area contributed by atoms with Gasteiger partial charge in [0, 0.05) is 0 Å². The molecule has 2 aliphatic rings. The van der Waals surface area contributed by atoms with E-state index in [0.29, 0.717) is 6.10 Å². The molecule has 1 aliphatic heterocycles. The highest BCUT2D eigenvalue weighted by molar-refractivity contribution is 5.03. The van der Waals surface area contributed by atoms with Crippen molar-refractivity contribution in [1.82, 2.24) is 0 Å². The topological polar surface area (TPSA) is 18.5 Å². The normalized spacial score (nSPS) is 36.0. The molecule has 1 aliphatic carbocycles. The van der Waals surface area contributed by atoms with Crippen LogP contribution in [0.3, 0.4) is 0 Å². The molecule has 2 heteroatoms. The van der Waals surface area contributed by atoms with Crippen molar-refractivity contribution in [2.45, 2.75) is 44.6 Å². The van der Waals surface area contributed by atoms with Gasteiger partial charge in [-0.05, 0) is 25.3 Å². The lowest BCUT2D eigenvalue weighted by Crippen LogP contribution is -2.28. The molecule has 0 aromatic carbocycles. The third-order valence-corrected chi connectivity index (χ3v) is 2.34. The summed E-state index contributed by atoms with van der Waals surface area (Å²) in [7, 11) is 0. The van der Waals surface area contributed by atoms with Gasteiger partial charge in [0.05, 0.1) is 0 Å². The number of fused-ring (bicyclic) bond motifs is 1. The molecule has 2 rings (SSSR count). The molecule has 2 nitrogen and oxygen atoms in total. The summed E-state index contributed by atoms with van der Waals surface area (Å²) in [5, 5.41) is 0. The standard InChI is InChI=1S/C9H14O2/c1-2-4-6-8-9(11-10-8)7-5-3-1/h6,9H,1-5,7H2/b8-6+. The minimum absolute atomic E-state index is 0.299. The molecule has 0 bridgehead atoms. The maximum absolute atomic E-state index is 4.96. The van der Waals surface area contributed by atoms with Crippen LogP contribution in [0.5, 0.6) is 0 Å². The largest absolute Gasteiger partial charge is 0.339 e. The highest BCUT2D eigenvalue weighted by Crippen LogP contribution is 2.28. The van der Waals surface area contributed by atoms with Crippen LogP contribution in [0.2, 0.25) is 0 Å². The fourth-order valence-corrected chi connectivity index (χ4v) is 1.60. The van der Waals surface area contributed by atoms with Crippen molar-refractivity contribution in [1.29, 1.82) is 0 Å². The fourth-order valence-electron chi connectivity index (χ4n) is 1.60. The maximum atomic E-state index is 4.96. The van der Waals surface area contributed by atoms with Gasteiger partial charge >= 0.3 is 0 Å². The average Bonchev–Trinajstić information content (AvgIpc) is 2.04. The van der Waals surface area contributed by atoms with Gasteiger partial charge in [-0.3, -0.25) is 0 Å². The molecule has 1 heterocycles. The first-order valence-corrected chi connectivity index (χ1v) is 4.50. The Morgan fingerprint density at radius 1 is 1.18 bits per heavy atom. The van der Waals surface area contributed by atoms with Gasteiger partial charge in [-0.2, -0.15) is 4.89 Å². The zero-order valence-corrected chi connectivity index (χ0v) is 6.71. The number of rotatable bonds is 0. The van der Waals surface area contributed by atoms with E-state index in [2.05, 4.69) is 6.08 Å². The summed E-state index contributed by atoms with van der Waals surface area (Å²) in [6.07, 6.45) is 10.1. The first-order valence-electron chi connectivity index (χ1n) is 4.50. The number of hydrogen-bond acceptors (Lipinski definition) is 2. The molecule has 11 heavy (non-hydrogen) atoms. The average molecular weight is 154 g/mol. The molecule has 1 fully saturated rings. The second-order valence-electron chi connectivity index (χ2n) is 3.27. The summed E-state index contributed by atoms with van der Waals surface area (Å²) < 4.78 is 0. The summed E-state index contributed by atoms with van der Waals surface area (Å²) in [6.45, 7) is 0. The van der Waals surface area contributed by atoms with Crippen LogP contribution in [0.4, 0.5) is 0 Å². The Kier molecular flexibility index (Phi) is 2.13. The van der Waals surface area contributed by atoms with Gasteiger partial charge < -0.3 is 4.89 Å². The zero-order chi connectivity index (χ0) is 7.52. The van der Waals surface area contributed by atoms with Gasteiger partial charge in [-0.1, -0.05) is 19.3 Å². The van der Waals surface area contributed by atoms with Crippen molar-refractivity contribution >= 4 is 0 Å². The summed E-state index contributed by atoms with van der Waals surface area (Å²) >= 11 is 0. The van der Waals surface area contributed by atoms with Crippen molar-refractivity contribution in [2.75, 3.05) is 0 Å². The highest BCUT2D eigenvalue weighted by atomic mass is 17.2. The summed E-state index contributed by atoms with van der Waals surface area (Å²) in [5.41, 5.74) is 0. The lowest BCUT2D eigenvalue weighted by Gasteiger charge is -2.27. The molecule has 0 spiro atoms. The van der Waals surface area contributed by atoms with Gasteiger partial charge in [0.2, 0.25) is 0 Å². The SMILES string of the molecule is C1=C2/OOC2CCCCCC/1. The number of hydrogen-bond donors (Lipinski definition) is 0. The summed E-state index contributed by atoms with van der Waals surface area (Å²) in [5.74, 6) is 1.08. The van der Waals surface area contributed by atoms with E-state index >= 15 is 0 Å². The Morgan fingerprint density at radius 2 is 2.09 bits per heavy atom. The third kappa shape index (κ3) is 1.56. The van der Waals surface area contributed by atoms with Gasteiger partial charge in [0.1, 0.15) is 0 Å². The third-order valence-electron chi connectivity index (χ3n) is 2.34. The Hall–Kier alpha value is -0.500. The Labute approximate surface area is 67.1 Å². The van der Waals surface area contributed by atoms with Crippen LogP contribution >= 0.6 is 0 Å². The predicted octanol–water partition coefficient (Wildman–Crippen LogP) is 2.55. The van der Waals surface area contributed by atoms with Gasteiger partial charge in [0.15, 0.2) is 11.9 Å². The minimum Gasteiger partial charge on any atom is -0.339 e. The fraction of sp³-hybridized carbons (Fsp3) is 0.778. The van der Waals surface area contributed by atoms with Crippen molar-refractivity contribution in [3.05, 3.63) is 11.8 Å². The zero-order valence-electron chi connectivity index (χ0n) is 6.71. The molecule has 1 unspecified atom stereocenters. The van der Waals surface area contributed by atoms with Gasteiger partial charge in [-0.15, -0.1) is 0 Å². The summed E-state index contributed by atoms with van der Waals surface area (Å²) in [6, 6.07) is 0. The molecule has 0 aromatic rings. The van der Waals surface area contributed by atoms with E-state index in [9.17, 15) is 0 Å². The van der Waals surface area contributed by atoms with Crippen LogP contribution in [-0.2, 0) is 9.78 Å². The highest BCUT2D eigenvalue weighted by Gasteiger charge is 2.28. The van der Waals surface area contributed by atoms with Crippen LogP contribution in [-0.4, -0.2) is 6.10 Å². The monoisotopic (exact) mass is 154 g/mol. The van der Waals surface area contributed by atoms with E-state index < -0.39 is 0 Å². The molecular weight excluding hydrogens is 140 g/mol.